The van der Waals surface area contributed by atoms with Gasteiger partial charge in [0.15, 0.2) is 0 Å². The Hall–Kier alpha value is -1.47. The van der Waals surface area contributed by atoms with E-state index >= 15 is 0 Å². The SMILES string of the molecule is CCCCC(CC)COCCCNC(=O)Nc1ccc(Cl)c(C(F)(F)F)c1. The Morgan fingerprint density at radius 2 is 2.00 bits per heavy atom. The molecule has 27 heavy (non-hydrogen) atoms. The molecular formula is C19H28ClF3N2O2. The van der Waals surface area contributed by atoms with Crippen LogP contribution in [0.15, 0.2) is 18.2 Å². The Morgan fingerprint density at radius 3 is 2.63 bits per heavy atom. The largest absolute Gasteiger partial charge is 0.417 e. The summed E-state index contributed by atoms with van der Waals surface area (Å²) in [6, 6.07) is 2.67. The highest BCUT2D eigenvalue weighted by atomic mass is 35.5. The van der Waals surface area contributed by atoms with Crippen LogP contribution in [-0.2, 0) is 10.9 Å². The van der Waals surface area contributed by atoms with Crippen LogP contribution in [0.2, 0.25) is 5.02 Å². The van der Waals surface area contributed by atoms with Crippen LogP contribution in [0.1, 0.15) is 51.5 Å². The molecule has 0 fully saturated rings. The molecule has 0 radical (unpaired) electrons. The molecule has 1 aromatic carbocycles. The van der Waals surface area contributed by atoms with Crippen molar-refractivity contribution in [1.29, 1.82) is 0 Å². The number of rotatable bonds is 11. The second kappa shape index (κ2) is 12.1. The van der Waals surface area contributed by atoms with E-state index in [1.165, 1.54) is 18.9 Å². The topological polar surface area (TPSA) is 50.4 Å². The number of unbranched alkanes of at least 4 members (excludes halogenated alkanes) is 1. The molecule has 0 aliphatic heterocycles. The predicted octanol–water partition coefficient (Wildman–Crippen LogP) is 6.10. The third-order valence-corrected chi connectivity index (χ3v) is 4.51. The molecule has 0 aromatic heterocycles. The van der Waals surface area contributed by atoms with Crippen LogP contribution in [0.4, 0.5) is 23.7 Å². The van der Waals surface area contributed by atoms with Crippen molar-refractivity contribution in [3.63, 3.8) is 0 Å². The molecule has 2 amide bonds. The average Bonchev–Trinajstić information content (AvgIpc) is 2.61. The quantitative estimate of drug-likeness (QED) is 0.434. The molecule has 1 atom stereocenters. The van der Waals surface area contributed by atoms with Gasteiger partial charge in [0, 0.05) is 25.4 Å². The van der Waals surface area contributed by atoms with Gasteiger partial charge >= 0.3 is 12.2 Å². The molecular weight excluding hydrogens is 381 g/mol. The van der Waals surface area contributed by atoms with Gasteiger partial charge in [-0.05, 0) is 37.0 Å². The van der Waals surface area contributed by atoms with Crippen LogP contribution >= 0.6 is 11.6 Å². The van der Waals surface area contributed by atoms with E-state index in [-0.39, 0.29) is 5.69 Å². The number of nitrogens with one attached hydrogen (secondary N) is 2. The summed E-state index contributed by atoms with van der Waals surface area (Å²) in [4.78, 5) is 11.8. The fourth-order valence-electron chi connectivity index (χ4n) is 2.52. The van der Waals surface area contributed by atoms with Gasteiger partial charge in [0.05, 0.1) is 10.6 Å². The third kappa shape index (κ3) is 9.33. The average molecular weight is 409 g/mol. The minimum Gasteiger partial charge on any atom is -0.381 e. The van der Waals surface area contributed by atoms with Crippen LogP contribution < -0.4 is 10.6 Å². The summed E-state index contributed by atoms with van der Waals surface area (Å²) in [7, 11) is 0. The van der Waals surface area contributed by atoms with E-state index in [0.29, 0.717) is 32.1 Å². The number of anilines is 1. The van der Waals surface area contributed by atoms with Crippen LogP contribution in [0.5, 0.6) is 0 Å². The summed E-state index contributed by atoms with van der Waals surface area (Å²) in [6.07, 6.45) is 0.677. The summed E-state index contributed by atoms with van der Waals surface area (Å²) < 4.78 is 44.1. The van der Waals surface area contributed by atoms with E-state index in [0.717, 1.165) is 25.0 Å². The highest BCUT2D eigenvalue weighted by Gasteiger charge is 2.33. The smallest absolute Gasteiger partial charge is 0.381 e. The van der Waals surface area contributed by atoms with Gasteiger partial charge < -0.3 is 15.4 Å². The highest BCUT2D eigenvalue weighted by Crippen LogP contribution is 2.36. The van der Waals surface area contributed by atoms with Crippen molar-refractivity contribution in [2.45, 2.75) is 52.1 Å². The zero-order valence-corrected chi connectivity index (χ0v) is 16.6. The van der Waals surface area contributed by atoms with Crippen LogP contribution in [0, 0.1) is 5.92 Å². The van der Waals surface area contributed by atoms with Crippen molar-refractivity contribution < 1.29 is 22.7 Å². The minimum absolute atomic E-state index is 0.0298. The lowest BCUT2D eigenvalue weighted by Gasteiger charge is -2.15. The van der Waals surface area contributed by atoms with E-state index in [1.54, 1.807) is 0 Å². The maximum Gasteiger partial charge on any atom is 0.417 e. The van der Waals surface area contributed by atoms with E-state index in [4.69, 9.17) is 16.3 Å². The Balaban J connectivity index is 2.28. The monoisotopic (exact) mass is 408 g/mol. The number of amides is 2. The zero-order chi connectivity index (χ0) is 20.3. The number of carbonyl (C=O) groups excluding carboxylic acids is 1. The number of alkyl halides is 3. The fraction of sp³-hybridized carbons (Fsp3) is 0.632. The summed E-state index contributed by atoms with van der Waals surface area (Å²) in [5, 5.41) is 4.56. The zero-order valence-electron chi connectivity index (χ0n) is 15.8. The molecule has 0 aliphatic carbocycles. The first-order chi connectivity index (χ1) is 12.8. The lowest BCUT2D eigenvalue weighted by atomic mass is 10.0. The third-order valence-electron chi connectivity index (χ3n) is 4.18. The molecule has 0 spiro atoms. The molecule has 1 aromatic rings. The summed E-state index contributed by atoms with van der Waals surface area (Å²) in [5.74, 6) is 0.564. The molecule has 1 rings (SSSR count). The van der Waals surface area contributed by atoms with Crippen LogP contribution in [0.3, 0.4) is 0 Å². The number of ether oxygens (including phenoxy) is 1. The molecule has 0 bridgehead atoms. The lowest BCUT2D eigenvalue weighted by Crippen LogP contribution is -2.30. The molecule has 8 heteroatoms. The molecule has 1 unspecified atom stereocenters. The number of halogens is 4. The number of carbonyl (C=O) groups is 1. The van der Waals surface area contributed by atoms with Gasteiger partial charge in [-0.15, -0.1) is 0 Å². The van der Waals surface area contributed by atoms with Gasteiger partial charge in [-0.3, -0.25) is 0 Å². The first-order valence-corrected chi connectivity index (χ1v) is 9.65. The second-order valence-corrected chi connectivity index (χ2v) is 6.83. The number of hydrogen-bond acceptors (Lipinski definition) is 2. The predicted molar refractivity (Wildman–Crippen MR) is 102 cm³/mol. The first kappa shape index (κ1) is 23.6. The molecule has 2 N–H and O–H groups in total. The fourth-order valence-corrected chi connectivity index (χ4v) is 2.74. The Bertz CT molecular complexity index is 583. The Morgan fingerprint density at radius 1 is 1.26 bits per heavy atom. The maximum absolute atomic E-state index is 12.8. The minimum atomic E-state index is -4.57. The number of urea groups is 1. The van der Waals surface area contributed by atoms with Crippen molar-refractivity contribution in [3.05, 3.63) is 28.8 Å². The van der Waals surface area contributed by atoms with Crippen LogP contribution in [0.25, 0.3) is 0 Å². The van der Waals surface area contributed by atoms with Gasteiger partial charge in [-0.1, -0.05) is 44.7 Å². The van der Waals surface area contributed by atoms with E-state index < -0.39 is 22.8 Å². The molecule has 4 nitrogen and oxygen atoms in total. The summed E-state index contributed by atoms with van der Waals surface area (Å²) in [6.45, 7) is 5.93. The van der Waals surface area contributed by atoms with E-state index in [9.17, 15) is 18.0 Å². The lowest BCUT2D eigenvalue weighted by molar-refractivity contribution is -0.137. The molecule has 154 valence electrons. The van der Waals surface area contributed by atoms with E-state index in [1.807, 2.05) is 0 Å². The Labute approximate surface area is 163 Å². The van der Waals surface area contributed by atoms with Gasteiger partial charge in [-0.2, -0.15) is 13.2 Å². The Kier molecular flexibility index (Phi) is 10.5. The maximum atomic E-state index is 12.8. The number of hydrogen-bond donors (Lipinski definition) is 2. The summed E-state index contributed by atoms with van der Waals surface area (Å²) in [5.41, 5.74) is -0.953. The second-order valence-electron chi connectivity index (χ2n) is 6.42. The van der Waals surface area contributed by atoms with Crippen molar-refractivity contribution >= 4 is 23.3 Å². The molecule has 0 saturated heterocycles. The molecule has 0 saturated carbocycles. The summed E-state index contributed by atoms with van der Waals surface area (Å²) >= 11 is 5.55. The standard InChI is InChI=1S/C19H28ClF3N2O2/c1-3-5-7-14(4-2)13-27-11-6-10-24-18(26)25-15-8-9-17(20)16(12-15)19(21,22)23/h8-9,12,14H,3-7,10-11,13H2,1-2H3,(H2,24,25,26). The van der Waals surface area contributed by atoms with E-state index in [2.05, 4.69) is 24.5 Å². The van der Waals surface area contributed by atoms with Crippen molar-refractivity contribution in [2.75, 3.05) is 25.1 Å². The van der Waals surface area contributed by atoms with Crippen molar-refractivity contribution in [2.24, 2.45) is 5.92 Å². The van der Waals surface area contributed by atoms with Gasteiger partial charge in [-0.25, -0.2) is 4.79 Å². The first-order valence-electron chi connectivity index (χ1n) is 9.27. The van der Waals surface area contributed by atoms with Crippen molar-refractivity contribution in [1.82, 2.24) is 5.32 Å². The molecule has 0 aliphatic rings. The van der Waals surface area contributed by atoms with Crippen molar-refractivity contribution in [3.8, 4) is 0 Å². The van der Waals surface area contributed by atoms with Gasteiger partial charge in [0.25, 0.3) is 0 Å². The van der Waals surface area contributed by atoms with Crippen LogP contribution in [-0.4, -0.2) is 25.8 Å². The number of benzene rings is 1. The molecule has 0 heterocycles. The van der Waals surface area contributed by atoms with Gasteiger partial charge in [0.2, 0.25) is 0 Å². The highest BCUT2D eigenvalue weighted by molar-refractivity contribution is 6.31. The normalized spacial score (nSPS) is 12.7. The van der Waals surface area contributed by atoms with Gasteiger partial charge in [0.1, 0.15) is 0 Å².